The van der Waals surface area contributed by atoms with E-state index in [2.05, 4.69) is 20.6 Å². The van der Waals surface area contributed by atoms with Gasteiger partial charge in [0.1, 0.15) is 47.6 Å². The van der Waals surface area contributed by atoms with Crippen molar-refractivity contribution >= 4 is 46.9 Å². The number of nitrogens with zero attached hydrogens (tertiary/aromatic N) is 6. The molecule has 6 aromatic carbocycles. The summed E-state index contributed by atoms with van der Waals surface area (Å²) in [6.07, 6.45) is 10.1. The Kier molecular flexibility index (Phi) is 14.3. The number of carbonyl (C=O) groups is 2. The Morgan fingerprint density at radius 2 is 0.985 bits per heavy atom. The maximum Gasteiger partial charge on any atom is 0.189 e. The van der Waals surface area contributed by atoms with Gasteiger partial charge in [-0.1, -0.05) is 106 Å². The third-order valence-electron chi connectivity index (χ3n) is 10.8. The average molecular weight is 932 g/mol. The Balaban J connectivity index is 1.06. The molecule has 8 aromatic rings. The number of benzene rings is 6. The Bertz CT molecular complexity index is 2920. The van der Waals surface area contributed by atoms with E-state index in [1.807, 2.05) is 109 Å². The first kappa shape index (κ1) is 45.8. The summed E-state index contributed by atoms with van der Waals surface area (Å²) >= 11 is 12.6. The second-order valence-corrected chi connectivity index (χ2v) is 16.7. The molecular weight excluding hydrogens is 888 g/mol. The van der Waals surface area contributed by atoms with E-state index in [-0.39, 0.29) is 35.8 Å². The van der Waals surface area contributed by atoms with Gasteiger partial charge in [-0.15, -0.1) is 10.2 Å². The van der Waals surface area contributed by atoms with Crippen LogP contribution in [0.4, 0.5) is 0 Å². The monoisotopic (exact) mass is 930 g/mol. The van der Waals surface area contributed by atoms with Gasteiger partial charge in [0.2, 0.25) is 0 Å². The SMILES string of the molecule is Cc1cc(O)c(C(=O)/C=C/c2cc(Cc3ccc(OCc4cn(Cc5ccccc5)nn4)c(/C=C/C(=O)c4cc(Cl)c(C)cc4O)c3)ccc2OCc2cn(Cc3ccccc3)nn2)cc1Cl. The van der Waals surface area contributed by atoms with Gasteiger partial charge in [0.15, 0.2) is 11.6 Å². The third-order valence-corrected chi connectivity index (χ3v) is 11.6. The quantitative estimate of drug-likeness (QED) is 0.0628. The van der Waals surface area contributed by atoms with Gasteiger partial charge in [0.05, 0.1) is 36.6 Å². The highest BCUT2D eigenvalue weighted by Gasteiger charge is 2.15. The summed E-state index contributed by atoms with van der Waals surface area (Å²) in [6.45, 7) is 4.83. The van der Waals surface area contributed by atoms with Crippen molar-refractivity contribution in [1.82, 2.24) is 30.0 Å². The van der Waals surface area contributed by atoms with Crippen LogP contribution in [0, 0.1) is 13.8 Å². The molecule has 0 unspecified atom stereocenters. The van der Waals surface area contributed by atoms with Crippen molar-refractivity contribution in [3.8, 4) is 23.0 Å². The molecule has 2 aromatic heterocycles. The smallest absolute Gasteiger partial charge is 0.189 e. The summed E-state index contributed by atoms with van der Waals surface area (Å²) in [5.41, 5.74) is 7.78. The summed E-state index contributed by atoms with van der Waals surface area (Å²) in [6, 6.07) is 37.0. The average Bonchev–Trinajstić information content (AvgIpc) is 3.98. The number of rotatable bonds is 18. The van der Waals surface area contributed by atoms with Gasteiger partial charge in [0, 0.05) is 21.2 Å². The van der Waals surface area contributed by atoms with E-state index < -0.39 is 11.6 Å². The number of aromatic nitrogens is 6. The van der Waals surface area contributed by atoms with E-state index in [0.29, 0.717) is 74.7 Å². The molecule has 0 radical (unpaired) electrons. The topological polar surface area (TPSA) is 154 Å². The van der Waals surface area contributed by atoms with Crippen molar-refractivity contribution < 1.29 is 29.3 Å². The van der Waals surface area contributed by atoms with Crippen LogP contribution in [0.3, 0.4) is 0 Å². The summed E-state index contributed by atoms with van der Waals surface area (Å²) in [5.74, 6) is -0.256. The molecule has 0 amide bonds. The van der Waals surface area contributed by atoms with Crippen molar-refractivity contribution in [1.29, 1.82) is 0 Å². The zero-order valence-electron chi connectivity index (χ0n) is 36.5. The maximum absolute atomic E-state index is 13.4. The van der Waals surface area contributed by atoms with Gasteiger partial charge >= 0.3 is 0 Å². The van der Waals surface area contributed by atoms with Crippen LogP contribution in [0.5, 0.6) is 23.0 Å². The van der Waals surface area contributed by atoms with Crippen molar-refractivity contribution in [3.63, 3.8) is 0 Å². The van der Waals surface area contributed by atoms with Crippen molar-refractivity contribution in [2.75, 3.05) is 0 Å². The minimum atomic E-state index is -0.443. The molecule has 0 aliphatic rings. The Hall–Kier alpha value is -7.80. The molecule has 336 valence electrons. The Labute approximate surface area is 397 Å². The van der Waals surface area contributed by atoms with Crippen LogP contribution < -0.4 is 9.47 Å². The molecule has 0 fully saturated rings. The molecule has 0 bridgehead atoms. The zero-order chi connectivity index (χ0) is 46.9. The second-order valence-electron chi connectivity index (χ2n) is 15.9. The summed E-state index contributed by atoms with van der Waals surface area (Å²) in [4.78, 5) is 26.8. The van der Waals surface area contributed by atoms with E-state index in [0.717, 1.165) is 22.3 Å². The van der Waals surface area contributed by atoms with Crippen LogP contribution in [-0.4, -0.2) is 51.8 Å². The minimum absolute atomic E-state index is 0.0689. The fourth-order valence-corrected chi connectivity index (χ4v) is 7.55. The molecule has 0 aliphatic heterocycles. The zero-order valence-corrected chi connectivity index (χ0v) is 38.0. The number of ether oxygens (including phenoxy) is 2. The highest BCUT2D eigenvalue weighted by atomic mass is 35.5. The molecule has 2 heterocycles. The molecule has 0 saturated carbocycles. The lowest BCUT2D eigenvalue weighted by molar-refractivity contribution is 0.103. The first-order valence-corrected chi connectivity index (χ1v) is 22.0. The van der Waals surface area contributed by atoms with E-state index in [9.17, 15) is 19.8 Å². The summed E-state index contributed by atoms with van der Waals surface area (Å²) < 4.78 is 16.1. The van der Waals surface area contributed by atoms with Crippen LogP contribution in [0.1, 0.15) is 76.6 Å². The normalized spacial score (nSPS) is 11.4. The number of aromatic hydroxyl groups is 2. The summed E-state index contributed by atoms with van der Waals surface area (Å²) in [7, 11) is 0. The Morgan fingerprint density at radius 3 is 1.40 bits per heavy atom. The number of halogens is 2. The number of hydrogen-bond donors (Lipinski definition) is 2. The highest BCUT2D eigenvalue weighted by molar-refractivity contribution is 6.32. The number of carbonyl (C=O) groups excluding carboxylic acids is 2. The van der Waals surface area contributed by atoms with Gasteiger partial charge in [-0.05, 0) is 126 Å². The molecule has 8 rings (SSSR count). The fraction of sp³-hybridized carbons (Fsp3) is 0.132. The van der Waals surface area contributed by atoms with Gasteiger partial charge in [-0.3, -0.25) is 9.59 Å². The van der Waals surface area contributed by atoms with Gasteiger partial charge < -0.3 is 19.7 Å². The van der Waals surface area contributed by atoms with Gasteiger partial charge in [-0.25, -0.2) is 9.36 Å². The van der Waals surface area contributed by atoms with Crippen molar-refractivity contribution in [3.05, 3.63) is 223 Å². The first-order chi connectivity index (χ1) is 32.4. The largest absolute Gasteiger partial charge is 0.507 e. The van der Waals surface area contributed by atoms with E-state index in [1.165, 1.54) is 36.4 Å². The molecule has 0 saturated heterocycles. The molecule has 14 heteroatoms. The van der Waals surface area contributed by atoms with E-state index in [4.69, 9.17) is 32.7 Å². The predicted molar refractivity (Wildman–Crippen MR) is 258 cm³/mol. The lowest BCUT2D eigenvalue weighted by atomic mass is 9.99. The molecule has 0 spiro atoms. The molecule has 12 nitrogen and oxygen atoms in total. The maximum atomic E-state index is 13.4. The van der Waals surface area contributed by atoms with Crippen LogP contribution in [0.2, 0.25) is 10.0 Å². The van der Waals surface area contributed by atoms with Gasteiger partial charge in [-0.2, -0.15) is 0 Å². The van der Waals surface area contributed by atoms with Crippen molar-refractivity contribution in [2.24, 2.45) is 0 Å². The number of ketones is 2. The fourth-order valence-electron chi connectivity index (χ4n) is 7.22. The first-order valence-electron chi connectivity index (χ1n) is 21.2. The van der Waals surface area contributed by atoms with Crippen LogP contribution in [0.15, 0.2) is 146 Å². The number of allylic oxidation sites excluding steroid dienone is 2. The molecular formula is C53H44Cl2N6O6. The van der Waals surface area contributed by atoms with Crippen molar-refractivity contribution in [2.45, 2.75) is 46.6 Å². The number of phenolic OH excluding ortho intramolecular Hbond substituents is 2. The number of aryl methyl sites for hydroxylation is 2. The van der Waals surface area contributed by atoms with E-state index >= 15 is 0 Å². The predicted octanol–water partition coefficient (Wildman–Crippen LogP) is 10.8. The third kappa shape index (κ3) is 11.9. The van der Waals surface area contributed by atoms with Gasteiger partial charge in [0.25, 0.3) is 0 Å². The summed E-state index contributed by atoms with van der Waals surface area (Å²) in [5, 5.41) is 39.0. The highest BCUT2D eigenvalue weighted by Crippen LogP contribution is 2.31. The molecule has 67 heavy (non-hydrogen) atoms. The molecule has 0 aliphatic carbocycles. The number of phenols is 2. The van der Waals surface area contributed by atoms with Crippen LogP contribution in [-0.2, 0) is 32.7 Å². The van der Waals surface area contributed by atoms with Crippen LogP contribution >= 0.6 is 23.2 Å². The number of hydrogen-bond acceptors (Lipinski definition) is 10. The van der Waals surface area contributed by atoms with E-state index in [1.54, 1.807) is 35.4 Å². The Morgan fingerprint density at radius 1 is 0.567 bits per heavy atom. The van der Waals surface area contributed by atoms with Crippen LogP contribution in [0.25, 0.3) is 12.2 Å². The molecule has 2 N–H and O–H groups in total. The lowest BCUT2D eigenvalue weighted by Crippen LogP contribution is -2.01. The minimum Gasteiger partial charge on any atom is -0.507 e. The molecule has 0 atom stereocenters. The second kappa shape index (κ2) is 21.0. The lowest BCUT2D eigenvalue weighted by Gasteiger charge is -2.13. The standard InChI is InChI=1S/C53H44Cl2N6O6/c1-34-21-50(64)44(26-46(34)54)48(62)17-15-40-24-38(13-19-52(40)66-32-42-30-60(58-56-42)28-36-9-5-3-6-10-36)23-39-14-20-53(67-33-43-31-61(59-57-43)29-37-11-7-4-8-12-37)41(25-39)16-18-49(63)45-27-47(55)35(2)22-51(45)65/h3-22,24-27,30-31,64-65H,23,28-29,32-33H2,1-2H3/b17-15+,18-16+.